The van der Waals surface area contributed by atoms with E-state index in [4.69, 9.17) is 16.7 Å². The molecule has 2 amide bonds. The molecular weight excluding hydrogens is 311 g/mol. The molecule has 1 aliphatic heterocycles. The minimum absolute atomic E-state index is 0.265. The van der Waals surface area contributed by atoms with Crippen LogP contribution in [0.4, 0.5) is 9.18 Å². The average Bonchev–Trinajstić information content (AvgIpc) is 2.47. The predicted molar refractivity (Wildman–Crippen MR) is 81.2 cm³/mol. The van der Waals surface area contributed by atoms with Crippen molar-refractivity contribution in [2.75, 3.05) is 19.7 Å². The van der Waals surface area contributed by atoms with E-state index in [9.17, 15) is 14.3 Å². The van der Waals surface area contributed by atoms with E-state index >= 15 is 0 Å². The van der Waals surface area contributed by atoms with Crippen LogP contribution in [0.15, 0.2) is 18.2 Å². The first kappa shape index (κ1) is 17.0. The molecule has 0 unspecified atom stereocenters. The number of carbonyl (C=O) groups excluding carboxylic acids is 1. The van der Waals surface area contributed by atoms with E-state index in [1.54, 1.807) is 17.9 Å². The second-order valence-electron chi connectivity index (χ2n) is 5.71. The number of carbonyl (C=O) groups is 1. The monoisotopic (exact) mass is 330 g/mol. The summed E-state index contributed by atoms with van der Waals surface area (Å²) >= 11 is 5.98. The van der Waals surface area contributed by atoms with Crippen LogP contribution in [0.25, 0.3) is 0 Å². The van der Waals surface area contributed by atoms with Crippen molar-refractivity contribution in [1.29, 1.82) is 0 Å². The van der Waals surface area contributed by atoms with Gasteiger partial charge in [0.25, 0.3) is 0 Å². The van der Waals surface area contributed by atoms with E-state index in [1.165, 1.54) is 12.1 Å². The fraction of sp³-hybridized carbons (Fsp3) is 0.533. The van der Waals surface area contributed by atoms with E-state index in [1.807, 2.05) is 0 Å². The van der Waals surface area contributed by atoms with Crippen molar-refractivity contribution in [3.05, 3.63) is 34.6 Å². The van der Waals surface area contributed by atoms with Gasteiger partial charge in [-0.1, -0.05) is 17.7 Å². The lowest BCUT2D eigenvalue weighted by atomic mass is 9.92. The third-order valence-electron chi connectivity index (χ3n) is 4.04. The molecule has 1 fully saturated rings. The number of rotatable bonds is 3. The number of aliphatic hydroxyl groups is 2. The van der Waals surface area contributed by atoms with Crippen molar-refractivity contribution in [3.63, 3.8) is 0 Å². The van der Waals surface area contributed by atoms with E-state index < -0.39 is 11.4 Å². The standard InChI is InChI=1S/C15H20ClFN2O3/c1-10(12-3-2-11(17)8-13(12)16)18-14(21)19-6-4-15(22,9-20)5-7-19/h2-3,8,10,20,22H,4-7,9H2,1H3,(H,18,21)/t10-/m1/s1. The molecule has 1 heterocycles. The Kier molecular flexibility index (Phi) is 5.26. The van der Waals surface area contributed by atoms with Gasteiger partial charge in [0.1, 0.15) is 5.82 Å². The summed E-state index contributed by atoms with van der Waals surface area (Å²) in [5.41, 5.74) is -0.455. The molecule has 5 nitrogen and oxygen atoms in total. The van der Waals surface area contributed by atoms with Gasteiger partial charge in [-0.2, -0.15) is 0 Å². The molecular formula is C15H20ClFN2O3. The summed E-state index contributed by atoms with van der Waals surface area (Å²) in [6, 6.07) is 3.42. The topological polar surface area (TPSA) is 72.8 Å². The second kappa shape index (κ2) is 6.81. The van der Waals surface area contributed by atoms with E-state index in [0.29, 0.717) is 31.5 Å². The third-order valence-corrected chi connectivity index (χ3v) is 4.37. The number of nitrogens with zero attached hydrogens (tertiary/aromatic N) is 1. The molecule has 0 spiro atoms. The Hall–Kier alpha value is -1.37. The number of benzene rings is 1. The molecule has 1 aromatic rings. The van der Waals surface area contributed by atoms with Gasteiger partial charge in [0, 0.05) is 18.1 Å². The lowest BCUT2D eigenvalue weighted by Crippen LogP contribution is -2.51. The summed E-state index contributed by atoms with van der Waals surface area (Å²) in [7, 11) is 0. The van der Waals surface area contributed by atoms with Gasteiger partial charge in [-0.25, -0.2) is 9.18 Å². The molecule has 0 bridgehead atoms. The van der Waals surface area contributed by atoms with Crippen LogP contribution >= 0.6 is 11.6 Å². The van der Waals surface area contributed by atoms with Gasteiger partial charge in [0.2, 0.25) is 0 Å². The highest BCUT2D eigenvalue weighted by molar-refractivity contribution is 6.31. The predicted octanol–water partition coefficient (Wildman–Crippen LogP) is 2.07. The molecule has 22 heavy (non-hydrogen) atoms. The van der Waals surface area contributed by atoms with Crippen LogP contribution in [0.5, 0.6) is 0 Å². The number of hydrogen-bond acceptors (Lipinski definition) is 3. The number of nitrogens with one attached hydrogen (secondary N) is 1. The molecule has 0 aromatic heterocycles. The van der Waals surface area contributed by atoms with Crippen molar-refractivity contribution in [3.8, 4) is 0 Å². The molecule has 1 aromatic carbocycles. The second-order valence-corrected chi connectivity index (χ2v) is 6.11. The zero-order chi connectivity index (χ0) is 16.3. The highest BCUT2D eigenvalue weighted by atomic mass is 35.5. The Balaban J connectivity index is 1.94. The maximum atomic E-state index is 13.0. The molecule has 1 saturated heterocycles. The Labute approximate surface area is 133 Å². The van der Waals surface area contributed by atoms with Crippen molar-refractivity contribution in [1.82, 2.24) is 10.2 Å². The number of hydrogen-bond donors (Lipinski definition) is 3. The molecule has 0 radical (unpaired) electrons. The van der Waals surface area contributed by atoms with E-state index in [-0.39, 0.29) is 23.7 Å². The number of amides is 2. The Bertz CT molecular complexity index is 548. The van der Waals surface area contributed by atoms with Crippen LogP contribution < -0.4 is 5.32 Å². The largest absolute Gasteiger partial charge is 0.393 e. The van der Waals surface area contributed by atoms with Gasteiger partial charge in [-0.3, -0.25) is 0 Å². The van der Waals surface area contributed by atoms with Gasteiger partial charge in [0.15, 0.2) is 0 Å². The molecule has 1 atom stereocenters. The summed E-state index contributed by atoms with van der Waals surface area (Å²) in [4.78, 5) is 13.8. The van der Waals surface area contributed by atoms with Gasteiger partial charge in [-0.05, 0) is 37.5 Å². The van der Waals surface area contributed by atoms with Gasteiger partial charge >= 0.3 is 6.03 Å². The van der Waals surface area contributed by atoms with Gasteiger partial charge < -0.3 is 20.4 Å². The highest BCUT2D eigenvalue weighted by Crippen LogP contribution is 2.25. The summed E-state index contributed by atoms with van der Waals surface area (Å²) < 4.78 is 13.0. The lowest BCUT2D eigenvalue weighted by Gasteiger charge is -2.37. The highest BCUT2D eigenvalue weighted by Gasteiger charge is 2.33. The van der Waals surface area contributed by atoms with Crippen molar-refractivity contribution in [2.45, 2.75) is 31.4 Å². The molecule has 7 heteroatoms. The van der Waals surface area contributed by atoms with Crippen molar-refractivity contribution >= 4 is 17.6 Å². The minimum Gasteiger partial charge on any atom is -0.393 e. The van der Waals surface area contributed by atoms with Crippen LogP contribution in [-0.2, 0) is 0 Å². The first-order valence-electron chi connectivity index (χ1n) is 7.18. The first-order chi connectivity index (χ1) is 10.3. The molecule has 2 rings (SSSR count). The number of halogens is 2. The number of urea groups is 1. The maximum absolute atomic E-state index is 13.0. The molecule has 0 aliphatic carbocycles. The zero-order valence-corrected chi connectivity index (χ0v) is 13.1. The Morgan fingerprint density at radius 3 is 2.68 bits per heavy atom. The van der Waals surface area contributed by atoms with Crippen molar-refractivity contribution in [2.24, 2.45) is 0 Å². The van der Waals surface area contributed by atoms with E-state index in [2.05, 4.69) is 5.32 Å². The van der Waals surface area contributed by atoms with Crippen LogP contribution in [-0.4, -0.2) is 46.4 Å². The van der Waals surface area contributed by atoms with Gasteiger partial charge in [-0.15, -0.1) is 0 Å². The van der Waals surface area contributed by atoms with E-state index in [0.717, 1.165) is 0 Å². The van der Waals surface area contributed by atoms with Gasteiger partial charge in [0.05, 0.1) is 18.2 Å². The summed E-state index contributed by atoms with van der Waals surface area (Å²) in [5.74, 6) is -0.424. The number of likely N-dealkylation sites (tertiary alicyclic amines) is 1. The third kappa shape index (κ3) is 3.88. The smallest absolute Gasteiger partial charge is 0.317 e. The van der Waals surface area contributed by atoms with Crippen LogP contribution in [0.3, 0.4) is 0 Å². The molecule has 0 saturated carbocycles. The molecule has 122 valence electrons. The maximum Gasteiger partial charge on any atom is 0.317 e. The zero-order valence-electron chi connectivity index (χ0n) is 12.4. The Morgan fingerprint density at radius 1 is 1.50 bits per heavy atom. The summed E-state index contributed by atoms with van der Waals surface area (Å²) in [6.45, 7) is 2.20. The quantitative estimate of drug-likeness (QED) is 0.794. The average molecular weight is 331 g/mol. The van der Waals surface area contributed by atoms with Crippen molar-refractivity contribution < 1.29 is 19.4 Å². The fourth-order valence-corrected chi connectivity index (χ4v) is 2.82. The first-order valence-corrected chi connectivity index (χ1v) is 7.56. The van der Waals surface area contributed by atoms with Crippen LogP contribution in [0.1, 0.15) is 31.4 Å². The van der Waals surface area contributed by atoms with Crippen LogP contribution in [0.2, 0.25) is 5.02 Å². The SMILES string of the molecule is C[C@@H](NC(=O)N1CCC(O)(CO)CC1)c1ccc(F)cc1Cl. The molecule has 3 N–H and O–H groups in total. The fourth-order valence-electron chi connectivity index (χ4n) is 2.49. The Morgan fingerprint density at radius 2 is 2.14 bits per heavy atom. The normalized spacial score (nSPS) is 18.9. The number of aliphatic hydroxyl groups excluding tert-OH is 1. The minimum atomic E-state index is -1.09. The lowest BCUT2D eigenvalue weighted by molar-refractivity contribution is -0.0527. The summed E-state index contributed by atoms with van der Waals surface area (Å²) in [6.07, 6.45) is 0.672. The molecule has 1 aliphatic rings. The van der Waals surface area contributed by atoms with Crippen LogP contribution in [0, 0.1) is 5.82 Å². The number of piperidine rings is 1. The summed E-state index contributed by atoms with van der Waals surface area (Å²) in [5, 5.41) is 22.1.